The number of rotatable bonds is 6. The third-order valence-electron chi connectivity index (χ3n) is 4.50. The van der Waals surface area contributed by atoms with E-state index in [1.54, 1.807) is 25.4 Å². The van der Waals surface area contributed by atoms with Gasteiger partial charge in [-0.2, -0.15) is 0 Å². The molecule has 1 amide bonds. The maximum atomic E-state index is 12.3. The highest BCUT2D eigenvalue weighted by atomic mass is 32.2. The fraction of sp³-hybridized carbons (Fsp3) is 0.412. The van der Waals surface area contributed by atoms with Crippen molar-refractivity contribution in [3.05, 3.63) is 40.9 Å². The van der Waals surface area contributed by atoms with Gasteiger partial charge >= 0.3 is 0 Å². The van der Waals surface area contributed by atoms with Gasteiger partial charge < -0.3 is 10.1 Å². The first kappa shape index (κ1) is 19.0. The van der Waals surface area contributed by atoms with Gasteiger partial charge in [-0.15, -0.1) is 11.3 Å². The molecule has 0 aliphatic heterocycles. The second-order valence-corrected chi connectivity index (χ2v) is 9.03. The lowest BCUT2D eigenvalue weighted by Gasteiger charge is -2.09. The van der Waals surface area contributed by atoms with Crippen LogP contribution in [0.4, 0.5) is 5.13 Å². The van der Waals surface area contributed by atoms with Crippen molar-refractivity contribution in [2.45, 2.75) is 36.7 Å². The lowest BCUT2D eigenvalue weighted by atomic mass is 10.1. The van der Waals surface area contributed by atoms with Gasteiger partial charge in [0.05, 0.1) is 11.0 Å². The number of hydrogen-bond acceptors (Lipinski definition) is 6. The van der Waals surface area contributed by atoms with Crippen LogP contribution in [-0.2, 0) is 26.0 Å². The molecule has 2 aromatic rings. The number of primary sulfonamides is 1. The molecular formula is C17H21N3O4S2. The van der Waals surface area contributed by atoms with Crippen molar-refractivity contribution in [1.29, 1.82) is 0 Å². The number of methoxy groups -OCH3 is 1. The highest BCUT2D eigenvalue weighted by Gasteiger charge is 2.30. The molecular weight excluding hydrogens is 374 g/mol. The van der Waals surface area contributed by atoms with E-state index in [-0.39, 0.29) is 22.8 Å². The van der Waals surface area contributed by atoms with Gasteiger partial charge in [0.15, 0.2) is 5.13 Å². The number of aromatic nitrogens is 1. The first-order valence-electron chi connectivity index (χ1n) is 8.25. The molecule has 140 valence electrons. The Hall–Kier alpha value is -1.81. The minimum Gasteiger partial charge on any atom is -0.381 e. The number of nitrogens with zero attached hydrogens (tertiary/aromatic N) is 1. The highest BCUT2D eigenvalue weighted by Crippen LogP contribution is 2.29. The Morgan fingerprint density at radius 2 is 2.08 bits per heavy atom. The second-order valence-electron chi connectivity index (χ2n) is 6.35. The van der Waals surface area contributed by atoms with Gasteiger partial charge in [-0.25, -0.2) is 18.5 Å². The first-order valence-corrected chi connectivity index (χ1v) is 10.6. The predicted octanol–water partition coefficient (Wildman–Crippen LogP) is 2.13. The lowest BCUT2D eigenvalue weighted by Crippen LogP contribution is -2.21. The molecule has 1 aromatic carbocycles. The molecule has 9 heteroatoms. The minimum absolute atomic E-state index is 0.0112. The number of nitrogens with one attached hydrogen (secondary N) is 1. The summed E-state index contributed by atoms with van der Waals surface area (Å²) in [7, 11) is -2.01. The van der Waals surface area contributed by atoms with Gasteiger partial charge in [0.25, 0.3) is 0 Å². The molecule has 0 bridgehead atoms. The third kappa shape index (κ3) is 4.67. The molecule has 0 spiro atoms. The molecule has 7 nitrogen and oxygen atoms in total. The van der Waals surface area contributed by atoms with Crippen LogP contribution in [-0.4, -0.2) is 32.5 Å². The molecule has 1 heterocycles. The Morgan fingerprint density at radius 1 is 1.35 bits per heavy atom. The van der Waals surface area contributed by atoms with Crippen LogP contribution in [0.5, 0.6) is 0 Å². The summed E-state index contributed by atoms with van der Waals surface area (Å²) >= 11 is 1.41. The van der Waals surface area contributed by atoms with Gasteiger partial charge in [-0.05, 0) is 37.0 Å². The SMILES string of the molecule is COC1CCC(C(=O)Nc2ncc(Cc3ccc(S(N)(=O)=O)cc3)s2)C1. The third-order valence-corrected chi connectivity index (χ3v) is 6.34. The highest BCUT2D eigenvalue weighted by molar-refractivity contribution is 7.89. The summed E-state index contributed by atoms with van der Waals surface area (Å²) in [5.74, 6) is -0.0407. The monoisotopic (exact) mass is 395 g/mol. The summed E-state index contributed by atoms with van der Waals surface area (Å²) in [5.41, 5.74) is 0.942. The van der Waals surface area contributed by atoms with E-state index in [1.807, 2.05) is 0 Å². The average molecular weight is 396 g/mol. The van der Waals surface area contributed by atoms with Crippen molar-refractivity contribution in [1.82, 2.24) is 4.98 Å². The van der Waals surface area contributed by atoms with Crippen LogP contribution < -0.4 is 10.5 Å². The first-order chi connectivity index (χ1) is 12.3. The average Bonchev–Trinajstić information content (AvgIpc) is 3.24. The van der Waals surface area contributed by atoms with Crippen molar-refractivity contribution in [3.63, 3.8) is 0 Å². The van der Waals surface area contributed by atoms with E-state index in [4.69, 9.17) is 9.88 Å². The number of carbonyl (C=O) groups is 1. The zero-order valence-corrected chi connectivity index (χ0v) is 16.0. The van der Waals surface area contributed by atoms with E-state index in [1.165, 1.54) is 23.5 Å². The maximum Gasteiger partial charge on any atom is 0.238 e. The van der Waals surface area contributed by atoms with Gasteiger partial charge in [-0.3, -0.25) is 4.79 Å². The van der Waals surface area contributed by atoms with Crippen LogP contribution in [0.2, 0.25) is 0 Å². The summed E-state index contributed by atoms with van der Waals surface area (Å²) in [6, 6.07) is 6.42. The number of anilines is 1. The number of thiazole rings is 1. The van der Waals surface area contributed by atoms with Crippen LogP contribution in [0.1, 0.15) is 29.7 Å². The Balaban J connectivity index is 1.59. The summed E-state index contributed by atoms with van der Waals surface area (Å²) in [4.78, 5) is 17.6. The van der Waals surface area contributed by atoms with E-state index >= 15 is 0 Å². The molecule has 1 aliphatic rings. The van der Waals surface area contributed by atoms with Crippen molar-refractivity contribution < 1.29 is 17.9 Å². The number of sulfonamides is 1. The zero-order valence-electron chi connectivity index (χ0n) is 14.3. The van der Waals surface area contributed by atoms with Crippen LogP contribution in [0.15, 0.2) is 35.4 Å². The molecule has 26 heavy (non-hydrogen) atoms. The van der Waals surface area contributed by atoms with E-state index in [0.29, 0.717) is 11.6 Å². The van der Waals surface area contributed by atoms with Crippen LogP contribution in [0.3, 0.4) is 0 Å². The Labute approximate surface area is 156 Å². The summed E-state index contributed by atoms with van der Waals surface area (Å²) in [6.45, 7) is 0. The molecule has 1 aromatic heterocycles. The van der Waals surface area contributed by atoms with Crippen molar-refractivity contribution in [3.8, 4) is 0 Å². The Kier molecular flexibility index (Phi) is 5.71. The number of hydrogen-bond donors (Lipinski definition) is 2. The molecule has 1 saturated carbocycles. The zero-order chi connectivity index (χ0) is 18.7. The van der Waals surface area contributed by atoms with E-state index in [0.717, 1.165) is 29.7 Å². The van der Waals surface area contributed by atoms with Crippen LogP contribution >= 0.6 is 11.3 Å². The summed E-state index contributed by atoms with van der Waals surface area (Å²) in [6.07, 6.45) is 4.98. The number of benzene rings is 1. The standard InChI is InChI=1S/C17H21N3O4S2/c1-24-13-5-4-12(9-13)16(21)20-17-19-10-14(25-17)8-11-2-6-15(7-3-11)26(18,22)23/h2-3,6-7,10,12-13H,4-5,8-9H2,1H3,(H2,18,22,23)(H,19,20,21). The van der Waals surface area contributed by atoms with Crippen LogP contribution in [0.25, 0.3) is 0 Å². The van der Waals surface area contributed by atoms with Crippen molar-refractivity contribution >= 4 is 32.4 Å². The van der Waals surface area contributed by atoms with Crippen LogP contribution in [0, 0.1) is 5.92 Å². The molecule has 0 saturated heterocycles. The second kappa shape index (κ2) is 7.83. The molecule has 0 radical (unpaired) electrons. The number of amides is 1. The fourth-order valence-corrected chi connectivity index (χ4v) is 4.41. The van der Waals surface area contributed by atoms with Gasteiger partial charge in [0.1, 0.15) is 0 Å². The van der Waals surface area contributed by atoms with E-state index < -0.39 is 10.0 Å². The smallest absolute Gasteiger partial charge is 0.238 e. The van der Waals surface area contributed by atoms with Gasteiger partial charge in [0.2, 0.25) is 15.9 Å². The molecule has 1 aliphatic carbocycles. The molecule has 2 unspecified atom stereocenters. The van der Waals surface area contributed by atoms with Crippen molar-refractivity contribution in [2.75, 3.05) is 12.4 Å². The minimum atomic E-state index is -3.68. The summed E-state index contributed by atoms with van der Waals surface area (Å²) in [5, 5.41) is 8.55. The lowest BCUT2D eigenvalue weighted by molar-refractivity contribution is -0.119. The topological polar surface area (TPSA) is 111 Å². The number of nitrogens with two attached hydrogens (primary N) is 1. The number of ether oxygens (including phenoxy) is 1. The van der Waals surface area contributed by atoms with Crippen molar-refractivity contribution in [2.24, 2.45) is 11.1 Å². The quantitative estimate of drug-likeness (QED) is 0.778. The molecule has 1 fully saturated rings. The van der Waals surface area contributed by atoms with E-state index in [2.05, 4.69) is 10.3 Å². The van der Waals surface area contributed by atoms with Gasteiger partial charge in [0, 0.05) is 30.5 Å². The Morgan fingerprint density at radius 3 is 2.69 bits per heavy atom. The fourth-order valence-electron chi connectivity index (χ4n) is 3.04. The number of carbonyl (C=O) groups excluding carboxylic acids is 1. The molecule has 2 atom stereocenters. The van der Waals surface area contributed by atoms with Gasteiger partial charge in [-0.1, -0.05) is 12.1 Å². The van der Waals surface area contributed by atoms with E-state index in [9.17, 15) is 13.2 Å². The predicted molar refractivity (Wildman–Crippen MR) is 99.5 cm³/mol. The molecule has 3 N–H and O–H groups in total. The normalized spacial score (nSPS) is 20.2. The maximum absolute atomic E-state index is 12.3. The largest absolute Gasteiger partial charge is 0.381 e. The Bertz CT molecular complexity index is 878. The summed E-state index contributed by atoms with van der Waals surface area (Å²) < 4.78 is 27.9. The molecule has 3 rings (SSSR count).